The maximum Gasteiger partial charge on any atom is 0.309 e. The fourth-order valence-electron chi connectivity index (χ4n) is 5.62. The molecule has 6 N–H and O–H groups in total. The summed E-state index contributed by atoms with van der Waals surface area (Å²) in [5.74, 6) is -2.47. The summed E-state index contributed by atoms with van der Waals surface area (Å²) in [5, 5.41) is 62.5. The number of carbonyl (C=O) groups is 2. The molecule has 9 heteroatoms. The van der Waals surface area contributed by atoms with Crippen molar-refractivity contribution in [3.8, 4) is 0 Å². The highest BCUT2D eigenvalue weighted by Gasteiger charge is 2.53. The molecular formula is C26H42O9. The van der Waals surface area contributed by atoms with Crippen molar-refractivity contribution in [1.29, 1.82) is 0 Å². The highest BCUT2D eigenvalue weighted by atomic mass is 16.5. The molecule has 7 unspecified atom stereocenters. The van der Waals surface area contributed by atoms with Gasteiger partial charge in [-0.3, -0.25) is 9.59 Å². The van der Waals surface area contributed by atoms with E-state index in [1.165, 1.54) is 6.92 Å². The number of hydrogen-bond donors (Lipinski definition) is 6. The molecule has 1 saturated carbocycles. The van der Waals surface area contributed by atoms with E-state index in [9.17, 15) is 35.1 Å². The lowest BCUT2D eigenvalue weighted by atomic mass is 9.67. The molecule has 0 aromatic heterocycles. The normalized spacial score (nSPS) is 34.3. The summed E-state index contributed by atoms with van der Waals surface area (Å²) in [6.45, 7) is 10.3. The Morgan fingerprint density at radius 2 is 1.74 bits per heavy atom. The average Bonchev–Trinajstić information content (AvgIpc) is 3.04. The van der Waals surface area contributed by atoms with E-state index >= 15 is 0 Å². The monoisotopic (exact) mass is 498 g/mol. The fourth-order valence-corrected chi connectivity index (χ4v) is 5.62. The Morgan fingerprint density at radius 1 is 1.11 bits per heavy atom. The zero-order chi connectivity index (χ0) is 26.8. The lowest BCUT2D eigenvalue weighted by Crippen LogP contribution is -2.43. The Labute approximate surface area is 207 Å². The van der Waals surface area contributed by atoms with E-state index in [0.717, 1.165) is 0 Å². The molecule has 1 fully saturated rings. The van der Waals surface area contributed by atoms with Gasteiger partial charge in [0.05, 0.1) is 42.4 Å². The second-order valence-electron chi connectivity index (χ2n) is 11.5. The van der Waals surface area contributed by atoms with E-state index in [2.05, 4.69) is 6.58 Å². The molecule has 0 aromatic carbocycles. The van der Waals surface area contributed by atoms with Gasteiger partial charge in [0.2, 0.25) is 0 Å². The van der Waals surface area contributed by atoms with Crippen LogP contribution in [-0.2, 0) is 14.3 Å². The predicted octanol–water partition coefficient (Wildman–Crippen LogP) is 1.70. The summed E-state index contributed by atoms with van der Waals surface area (Å²) in [6.07, 6.45) is -0.501. The van der Waals surface area contributed by atoms with Crippen molar-refractivity contribution in [1.82, 2.24) is 0 Å². The first-order chi connectivity index (χ1) is 16.0. The van der Waals surface area contributed by atoms with Crippen molar-refractivity contribution < 1.29 is 45.0 Å². The maximum absolute atomic E-state index is 12.3. The van der Waals surface area contributed by atoms with Crippen LogP contribution < -0.4 is 0 Å². The van der Waals surface area contributed by atoms with Crippen molar-refractivity contribution in [2.24, 2.45) is 17.3 Å². The van der Waals surface area contributed by atoms with Crippen LogP contribution in [0.15, 0.2) is 23.8 Å². The molecule has 200 valence electrons. The zero-order valence-electron chi connectivity index (χ0n) is 21.2. The number of fused-ring (bicyclic) bond motifs is 1. The maximum atomic E-state index is 12.3. The molecule has 2 rings (SSSR count). The Balaban J connectivity index is 2.28. The predicted molar refractivity (Wildman–Crippen MR) is 128 cm³/mol. The molecule has 0 radical (unpaired) electrons. The number of aliphatic carboxylic acids is 1. The minimum Gasteiger partial charge on any atom is -0.481 e. The summed E-state index contributed by atoms with van der Waals surface area (Å²) < 4.78 is 5.29. The summed E-state index contributed by atoms with van der Waals surface area (Å²) in [7, 11) is 0. The van der Waals surface area contributed by atoms with Crippen LogP contribution in [-0.4, -0.2) is 78.7 Å². The number of ether oxygens (including phenoxy) is 1. The largest absolute Gasteiger partial charge is 0.481 e. The van der Waals surface area contributed by atoms with E-state index in [4.69, 9.17) is 9.84 Å². The average molecular weight is 499 g/mol. The van der Waals surface area contributed by atoms with Crippen molar-refractivity contribution >= 4 is 11.9 Å². The van der Waals surface area contributed by atoms with Gasteiger partial charge in [-0.2, -0.15) is 0 Å². The van der Waals surface area contributed by atoms with Crippen LogP contribution in [0.1, 0.15) is 72.6 Å². The van der Waals surface area contributed by atoms with Crippen LogP contribution >= 0.6 is 0 Å². The Kier molecular flexibility index (Phi) is 9.33. The van der Waals surface area contributed by atoms with Crippen LogP contribution in [0.2, 0.25) is 0 Å². The van der Waals surface area contributed by atoms with Gasteiger partial charge in [0.25, 0.3) is 0 Å². The zero-order valence-corrected chi connectivity index (χ0v) is 21.2. The quantitative estimate of drug-likeness (QED) is 0.226. The molecule has 35 heavy (non-hydrogen) atoms. The standard InChI is InChI=1S/C26H42O9/c1-15-19(27)7-6-16(14-35-23(32)13-25(4,34)12-22(30)31)10-21(29)26(5)9-8-17(24(2,3)33)18(26)11-20(15)28/h10,17-21,27-29,33-34H,1,6-9,11-14H2,2-5H3,(H,30,31). The molecule has 7 atom stereocenters. The van der Waals surface area contributed by atoms with Gasteiger partial charge in [0.15, 0.2) is 0 Å². The van der Waals surface area contributed by atoms with Gasteiger partial charge >= 0.3 is 11.9 Å². The SMILES string of the molecule is C=C1C(O)CCC(COC(=O)CC(C)(O)CC(=O)O)=CC(O)C2(C)CCC(C(C)(C)O)C2CC1O. The smallest absolute Gasteiger partial charge is 0.309 e. The minimum atomic E-state index is -1.76. The second kappa shape index (κ2) is 11.1. The van der Waals surface area contributed by atoms with Crippen molar-refractivity contribution in [2.45, 2.75) is 102 Å². The first-order valence-electron chi connectivity index (χ1n) is 12.2. The van der Waals surface area contributed by atoms with Gasteiger partial charge in [0, 0.05) is 5.41 Å². The first kappa shape index (κ1) is 29.5. The summed E-state index contributed by atoms with van der Waals surface area (Å²) in [4.78, 5) is 23.1. The number of carboxylic acid groups (broad SMARTS) is 1. The molecule has 0 aliphatic heterocycles. The number of rotatable bonds is 7. The van der Waals surface area contributed by atoms with Gasteiger partial charge < -0.3 is 35.4 Å². The van der Waals surface area contributed by atoms with Crippen molar-refractivity contribution in [3.05, 3.63) is 23.8 Å². The van der Waals surface area contributed by atoms with E-state index in [1.807, 2.05) is 6.92 Å². The van der Waals surface area contributed by atoms with E-state index < -0.39 is 59.7 Å². The van der Waals surface area contributed by atoms with Crippen LogP contribution in [0.5, 0.6) is 0 Å². The highest BCUT2D eigenvalue weighted by Crippen LogP contribution is 2.55. The van der Waals surface area contributed by atoms with Crippen LogP contribution in [0, 0.1) is 17.3 Å². The molecule has 0 spiro atoms. The Hall–Kier alpha value is -1.78. The van der Waals surface area contributed by atoms with Crippen LogP contribution in [0.3, 0.4) is 0 Å². The third-order valence-electron chi connectivity index (χ3n) is 7.85. The molecule has 0 aromatic rings. The molecular weight excluding hydrogens is 456 g/mol. The molecule has 0 heterocycles. The lowest BCUT2D eigenvalue weighted by Gasteiger charge is -2.41. The van der Waals surface area contributed by atoms with E-state index in [-0.39, 0.29) is 43.3 Å². The van der Waals surface area contributed by atoms with Crippen LogP contribution in [0.25, 0.3) is 0 Å². The van der Waals surface area contributed by atoms with Gasteiger partial charge in [-0.25, -0.2) is 0 Å². The summed E-state index contributed by atoms with van der Waals surface area (Å²) in [5.41, 5.74) is -2.64. The lowest BCUT2D eigenvalue weighted by molar-refractivity contribution is -0.151. The Bertz CT molecular complexity index is 825. The minimum absolute atomic E-state index is 0.186. The number of esters is 1. The van der Waals surface area contributed by atoms with Gasteiger partial charge in [0.1, 0.15) is 6.61 Å². The topological polar surface area (TPSA) is 165 Å². The number of carbonyl (C=O) groups excluding carboxylic acids is 1. The first-order valence-corrected chi connectivity index (χ1v) is 12.2. The van der Waals surface area contributed by atoms with Crippen LogP contribution in [0.4, 0.5) is 0 Å². The second-order valence-corrected chi connectivity index (χ2v) is 11.5. The summed E-state index contributed by atoms with van der Waals surface area (Å²) in [6, 6.07) is 0. The van der Waals surface area contributed by atoms with Gasteiger partial charge in [-0.05, 0) is 75.9 Å². The molecule has 2 aliphatic carbocycles. The van der Waals surface area contributed by atoms with Gasteiger partial charge in [-0.1, -0.05) is 19.6 Å². The van der Waals surface area contributed by atoms with E-state index in [0.29, 0.717) is 18.4 Å². The molecule has 0 bridgehead atoms. The molecule has 0 saturated heterocycles. The number of aliphatic hydroxyl groups excluding tert-OH is 3. The van der Waals surface area contributed by atoms with E-state index in [1.54, 1.807) is 19.9 Å². The Morgan fingerprint density at radius 3 is 2.31 bits per heavy atom. The molecule has 2 aliphatic rings. The molecule has 0 amide bonds. The number of aliphatic hydroxyl groups is 5. The van der Waals surface area contributed by atoms with Crippen molar-refractivity contribution in [2.75, 3.05) is 6.61 Å². The molecule has 9 nitrogen and oxygen atoms in total. The number of carboxylic acids is 1. The third-order valence-corrected chi connectivity index (χ3v) is 7.85. The number of hydrogen-bond acceptors (Lipinski definition) is 8. The summed E-state index contributed by atoms with van der Waals surface area (Å²) >= 11 is 0. The van der Waals surface area contributed by atoms with Gasteiger partial charge in [-0.15, -0.1) is 0 Å². The third kappa shape index (κ3) is 7.60. The van der Waals surface area contributed by atoms with Crippen molar-refractivity contribution in [3.63, 3.8) is 0 Å². The fraction of sp³-hybridized carbons (Fsp3) is 0.769. The highest BCUT2D eigenvalue weighted by molar-refractivity contribution is 5.73.